The molecule has 0 atom stereocenters. The number of benzene rings is 1. The van der Waals surface area contributed by atoms with Crippen LogP contribution in [0.15, 0.2) is 42.6 Å². The van der Waals surface area contributed by atoms with Crippen molar-refractivity contribution < 1.29 is 4.39 Å². The summed E-state index contributed by atoms with van der Waals surface area (Å²) in [4.78, 5) is 8.44. The Balaban J connectivity index is 2.28. The fourth-order valence-electron chi connectivity index (χ4n) is 1.85. The Morgan fingerprint density at radius 1 is 1.05 bits per heavy atom. The zero-order valence-corrected chi connectivity index (χ0v) is 11.1. The molecule has 19 heavy (non-hydrogen) atoms. The maximum Gasteiger partial charge on any atom is 0.161 e. The van der Waals surface area contributed by atoms with E-state index in [0.717, 1.165) is 5.39 Å². The maximum absolute atomic E-state index is 13.8. The van der Waals surface area contributed by atoms with Crippen molar-refractivity contribution in [2.75, 3.05) is 0 Å². The van der Waals surface area contributed by atoms with Gasteiger partial charge in [0.1, 0.15) is 5.82 Å². The van der Waals surface area contributed by atoms with Gasteiger partial charge in [0.05, 0.1) is 10.7 Å². The number of pyridine rings is 2. The fourth-order valence-corrected chi connectivity index (χ4v) is 2.27. The van der Waals surface area contributed by atoms with E-state index in [1.165, 1.54) is 18.2 Å². The molecule has 5 heteroatoms. The number of hydrogen-bond acceptors (Lipinski definition) is 2. The highest BCUT2D eigenvalue weighted by atomic mass is 35.5. The Morgan fingerprint density at radius 3 is 2.74 bits per heavy atom. The van der Waals surface area contributed by atoms with Crippen molar-refractivity contribution in [1.82, 2.24) is 9.97 Å². The van der Waals surface area contributed by atoms with E-state index in [1.807, 2.05) is 6.07 Å². The van der Waals surface area contributed by atoms with Crippen LogP contribution in [-0.2, 0) is 0 Å². The molecular weight excluding hydrogens is 286 g/mol. The molecule has 2 nitrogen and oxygen atoms in total. The second-order valence-corrected chi connectivity index (χ2v) is 4.83. The highest BCUT2D eigenvalue weighted by Gasteiger charge is 2.11. The van der Waals surface area contributed by atoms with Gasteiger partial charge < -0.3 is 0 Å². The maximum atomic E-state index is 13.8. The first-order valence-corrected chi connectivity index (χ1v) is 6.27. The Labute approximate surface area is 118 Å². The quantitative estimate of drug-likeness (QED) is 0.647. The molecule has 1 aromatic carbocycles. The molecule has 3 rings (SSSR count). The van der Waals surface area contributed by atoms with Crippen LogP contribution in [0.1, 0.15) is 0 Å². The molecule has 0 unspecified atom stereocenters. The van der Waals surface area contributed by atoms with Crippen molar-refractivity contribution in [3.05, 3.63) is 58.5 Å². The molecule has 0 aliphatic rings. The van der Waals surface area contributed by atoms with E-state index < -0.39 is 5.82 Å². The molecule has 0 spiro atoms. The minimum atomic E-state index is -0.400. The van der Waals surface area contributed by atoms with Crippen molar-refractivity contribution in [1.29, 1.82) is 0 Å². The smallest absolute Gasteiger partial charge is 0.161 e. The lowest BCUT2D eigenvalue weighted by atomic mass is 10.1. The molecule has 0 aliphatic carbocycles. The van der Waals surface area contributed by atoms with Gasteiger partial charge in [0.25, 0.3) is 0 Å². The monoisotopic (exact) mass is 292 g/mol. The number of rotatable bonds is 1. The molecule has 0 bridgehead atoms. The largest absolute Gasteiger partial charge is 0.237 e. The van der Waals surface area contributed by atoms with Crippen LogP contribution in [0.4, 0.5) is 4.39 Å². The van der Waals surface area contributed by atoms with Crippen molar-refractivity contribution >= 4 is 34.2 Å². The third-order valence-electron chi connectivity index (χ3n) is 2.74. The van der Waals surface area contributed by atoms with Gasteiger partial charge in [-0.2, -0.15) is 0 Å². The number of hydrogen-bond donors (Lipinski definition) is 0. The van der Waals surface area contributed by atoms with E-state index in [4.69, 9.17) is 23.2 Å². The van der Waals surface area contributed by atoms with Gasteiger partial charge in [0.15, 0.2) is 5.65 Å². The lowest BCUT2D eigenvalue weighted by Crippen LogP contribution is -1.91. The van der Waals surface area contributed by atoms with Crippen LogP contribution >= 0.6 is 23.2 Å². The van der Waals surface area contributed by atoms with Gasteiger partial charge in [0, 0.05) is 22.2 Å². The topological polar surface area (TPSA) is 25.8 Å². The Morgan fingerprint density at radius 2 is 1.89 bits per heavy atom. The lowest BCUT2D eigenvalue weighted by Gasteiger charge is -2.06. The average Bonchev–Trinajstić information content (AvgIpc) is 2.41. The van der Waals surface area contributed by atoms with E-state index >= 15 is 0 Å². The summed E-state index contributed by atoms with van der Waals surface area (Å²) in [6, 6.07) is 9.51. The van der Waals surface area contributed by atoms with Crippen molar-refractivity contribution in [3.63, 3.8) is 0 Å². The standard InChI is InChI=1S/C14H7Cl2FN2/c15-8-3-4-12(17)10(6-8)13-7-11(16)9-2-1-5-18-14(9)19-13/h1-7H. The van der Waals surface area contributed by atoms with Gasteiger partial charge in [-0.3, -0.25) is 0 Å². The normalized spacial score (nSPS) is 10.9. The SMILES string of the molecule is Fc1ccc(Cl)cc1-c1cc(Cl)c2cccnc2n1. The van der Waals surface area contributed by atoms with Crippen LogP contribution in [0.2, 0.25) is 10.0 Å². The molecule has 94 valence electrons. The number of fused-ring (bicyclic) bond motifs is 1. The highest BCUT2D eigenvalue weighted by Crippen LogP contribution is 2.29. The summed E-state index contributed by atoms with van der Waals surface area (Å²) in [5, 5.41) is 1.65. The van der Waals surface area contributed by atoms with E-state index in [-0.39, 0.29) is 0 Å². The molecule has 0 fully saturated rings. The summed E-state index contributed by atoms with van der Waals surface area (Å²) in [6.45, 7) is 0. The van der Waals surface area contributed by atoms with Crippen molar-refractivity contribution in [2.45, 2.75) is 0 Å². The molecule has 2 aromatic heterocycles. The average molecular weight is 293 g/mol. The van der Waals surface area contributed by atoms with E-state index in [9.17, 15) is 4.39 Å². The van der Waals surface area contributed by atoms with Crippen LogP contribution in [0.3, 0.4) is 0 Å². The van der Waals surface area contributed by atoms with Crippen LogP contribution in [-0.4, -0.2) is 9.97 Å². The van der Waals surface area contributed by atoms with Crippen LogP contribution in [0.5, 0.6) is 0 Å². The number of nitrogens with zero attached hydrogens (tertiary/aromatic N) is 2. The molecule has 0 amide bonds. The number of aromatic nitrogens is 2. The van der Waals surface area contributed by atoms with E-state index in [0.29, 0.717) is 26.9 Å². The summed E-state index contributed by atoms with van der Waals surface area (Å²) in [7, 11) is 0. The molecule has 3 aromatic rings. The third kappa shape index (κ3) is 2.27. The molecule has 0 radical (unpaired) electrons. The van der Waals surface area contributed by atoms with Gasteiger partial charge in [-0.1, -0.05) is 23.2 Å². The first-order chi connectivity index (χ1) is 9.15. The Bertz CT molecular complexity index is 774. The van der Waals surface area contributed by atoms with Crippen molar-refractivity contribution in [3.8, 4) is 11.3 Å². The van der Waals surface area contributed by atoms with Crippen molar-refractivity contribution in [2.24, 2.45) is 0 Å². The lowest BCUT2D eigenvalue weighted by molar-refractivity contribution is 0.631. The Kier molecular flexibility index (Phi) is 3.09. The molecule has 0 saturated carbocycles. The highest BCUT2D eigenvalue weighted by molar-refractivity contribution is 6.35. The molecule has 2 heterocycles. The summed E-state index contributed by atoms with van der Waals surface area (Å²) >= 11 is 12.1. The van der Waals surface area contributed by atoms with Crippen LogP contribution < -0.4 is 0 Å². The molecular formula is C14H7Cl2FN2. The summed E-state index contributed by atoms with van der Waals surface area (Å²) in [5.41, 5.74) is 1.20. The van der Waals surface area contributed by atoms with Gasteiger partial charge >= 0.3 is 0 Å². The van der Waals surface area contributed by atoms with Crippen LogP contribution in [0.25, 0.3) is 22.3 Å². The zero-order valence-electron chi connectivity index (χ0n) is 9.57. The predicted molar refractivity (Wildman–Crippen MR) is 75.0 cm³/mol. The van der Waals surface area contributed by atoms with E-state index in [2.05, 4.69) is 9.97 Å². The zero-order chi connectivity index (χ0) is 13.4. The summed E-state index contributed by atoms with van der Waals surface area (Å²) < 4.78 is 13.8. The Hall–Kier alpha value is -1.71. The molecule has 0 aliphatic heterocycles. The molecule has 0 saturated heterocycles. The van der Waals surface area contributed by atoms with Gasteiger partial charge in [-0.25, -0.2) is 14.4 Å². The molecule has 0 N–H and O–H groups in total. The number of halogens is 3. The van der Waals surface area contributed by atoms with Gasteiger partial charge in [0.2, 0.25) is 0 Å². The second-order valence-electron chi connectivity index (χ2n) is 3.99. The van der Waals surface area contributed by atoms with Crippen LogP contribution in [0, 0.1) is 5.82 Å². The minimum Gasteiger partial charge on any atom is -0.237 e. The summed E-state index contributed by atoms with van der Waals surface area (Å²) in [6.07, 6.45) is 1.61. The minimum absolute atomic E-state index is 0.307. The first-order valence-electron chi connectivity index (χ1n) is 5.52. The van der Waals surface area contributed by atoms with Gasteiger partial charge in [-0.05, 0) is 36.4 Å². The fraction of sp³-hybridized carbons (Fsp3) is 0. The first kappa shape index (κ1) is 12.3. The second kappa shape index (κ2) is 4.76. The summed E-state index contributed by atoms with van der Waals surface area (Å²) in [5.74, 6) is -0.400. The van der Waals surface area contributed by atoms with Gasteiger partial charge in [-0.15, -0.1) is 0 Å². The third-order valence-corrected chi connectivity index (χ3v) is 3.29. The van der Waals surface area contributed by atoms with E-state index in [1.54, 1.807) is 18.3 Å². The predicted octanol–water partition coefficient (Wildman–Crippen LogP) is 4.74.